The Hall–Kier alpha value is -2.74. The quantitative estimate of drug-likeness (QED) is 0.638. The Labute approximate surface area is 188 Å². The molecule has 8 heteroatoms. The van der Waals surface area contributed by atoms with E-state index in [4.69, 9.17) is 9.26 Å². The number of aromatic nitrogens is 2. The van der Waals surface area contributed by atoms with Crippen molar-refractivity contribution in [3.05, 3.63) is 35.7 Å². The Morgan fingerprint density at radius 1 is 1.09 bits per heavy atom. The minimum atomic E-state index is -0.125. The van der Waals surface area contributed by atoms with Crippen molar-refractivity contribution in [3.63, 3.8) is 0 Å². The number of rotatable bonds is 6. The van der Waals surface area contributed by atoms with Gasteiger partial charge in [0.2, 0.25) is 17.6 Å². The van der Waals surface area contributed by atoms with Crippen LogP contribution < -0.4 is 0 Å². The maximum absolute atomic E-state index is 13.0. The summed E-state index contributed by atoms with van der Waals surface area (Å²) in [5, 5.41) is 4.12. The zero-order valence-corrected chi connectivity index (χ0v) is 19.0. The molecule has 1 amide bonds. The van der Waals surface area contributed by atoms with E-state index in [9.17, 15) is 9.59 Å². The number of benzene rings is 1. The van der Waals surface area contributed by atoms with Crippen LogP contribution in [0.5, 0.6) is 0 Å². The third-order valence-electron chi connectivity index (χ3n) is 6.47. The highest BCUT2D eigenvalue weighted by molar-refractivity contribution is 5.79. The predicted octanol–water partition coefficient (Wildman–Crippen LogP) is 3.06. The number of piperidine rings is 2. The summed E-state index contributed by atoms with van der Waals surface area (Å²) in [5.41, 5.74) is 2.11. The van der Waals surface area contributed by atoms with Crippen LogP contribution in [-0.4, -0.2) is 64.6 Å². The number of esters is 1. The molecular formula is C24H32N4O4. The van der Waals surface area contributed by atoms with Gasteiger partial charge in [-0.3, -0.25) is 14.5 Å². The van der Waals surface area contributed by atoms with Gasteiger partial charge in [-0.2, -0.15) is 4.98 Å². The number of carbonyl (C=O) groups excluding carboxylic acids is 2. The van der Waals surface area contributed by atoms with Gasteiger partial charge < -0.3 is 14.2 Å². The molecule has 2 aliphatic heterocycles. The number of nitrogens with zero attached hydrogens (tertiary/aromatic N) is 4. The fraction of sp³-hybridized carbons (Fsp3) is 0.583. The van der Waals surface area contributed by atoms with Crippen molar-refractivity contribution in [3.8, 4) is 11.4 Å². The second-order valence-corrected chi connectivity index (χ2v) is 8.78. The third kappa shape index (κ3) is 5.35. The first-order valence-corrected chi connectivity index (χ1v) is 11.6. The second-order valence-electron chi connectivity index (χ2n) is 8.78. The monoisotopic (exact) mass is 440 g/mol. The average Bonchev–Trinajstić information content (AvgIpc) is 3.28. The van der Waals surface area contributed by atoms with E-state index >= 15 is 0 Å². The van der Waals surface area contributed by atoms with Gasteiger partial charge >= 0.3 is 5.97 Å². The molecule has 1 aromatic carbocycles. The minimum Gasteiger partial charge on any atom is -0.466 e. The molecule has 8 nitrogen and oxygen atoms in total. The first kappa shape index (κ1) is 22.5. The van der Waals surface area contributed by atoms with E-state index in [2.05, 4.69) is 15.0 Å². The molecule has 2 aliphatic rings. The maximum Gasteiger partial charge on any atom is 0.309 e. The van der Waals surface area contributed by atoms with E-state index < -0.39 is 0 Å². The molecule has 2 saturated heterocycles. The van der Waals surface area contributed by atoms with E-state index in [0.29, 0.717) is 50.8 Å². The molecular weight excluding hydrogens is 408 g/mol. The van der Waals surface area contributed by atoms with Crippen LogP contribution in [0.2, 0.25) is 0 Å². The van der Waals surface area contributed by atoms with Gasteiger partial charge in [0.25, 0.3) is 0 Å². The van der Waals surface area contributed by atoms with Crippen molar-refractivity contribution in [1.82, 2.24) is 19.9 Å². The molecule has 0 atom stereocenters. The van der Waals surface area contributed by atoms with Crippen LogP contribution in [0.1, 0.15) is 44.1 Å². The molecule has 0 spiro atoms. The Morgan fingerprint density at radius 3 is 2.50 bits per heavy atom. The van der Waals surface area contributed by atoms with Crippen molar-refractivity contribution in [2.75, 3.05) is 32.8 Å². The van der Waals surface area contributed by atoms with Crippen LogP contribution in [0.25, 0.3) is 11.4 Å². The Morgan fingerprint density at radius 2 is 1.81 bits per heavy atom. The molecule has 32 heavy (non-hydrogen) atoms. The SMILES string of the molecule is CCOC(=O)C1CCN(C(=O)C2CCN(Cc3nc(-c4cccc(C)c4)no3)CC2)CC1. The Bertz CT molecular complexity index is 928. The summed E-state index contributed by atoms with van der Waals surface area (Å²) in [6.07, 6.45) is 3.05. The summed E-state index contributed by atoms with van der Waals surface area (Å²) in [6, 6.07) is 8.05. The first-order valence-electron chi connectivity index (χ1n) is 11.6. The summed E-state index contributed by atoms with van der Waals surface area (Å²) in [5.74, 6) is 1.30. The van der Waals surface area contributed by atoms with E-state index in [1.807, 2.05) is 43.0 Å². The molecule has 0 radical (unpaired) electrons. The highest BCUT2D eigenvalue weighted by Crippen LogP contribution is 2.25. The number of aryl methyl sites for hydroxylation is 1. The number of carbonyl (C=O) groups is 2. The van der Waals surface area contributed by atoms with E-state index in [-0.39, 0.29) is 23.7 Å². The molecule has 0 unspecified atom stereocenters. The second kappa shape index (κ2) is 10.3. The lowest BCUT2D eigenvalue weighted by Crippen LogP contribution is -2.46. The molecule has 0 aliphatic carbocycles. The van der Waals surface area contributed by atoms with Gasteiger partial charge in [0.15, 0.2) is 0 Å². The van der Waals surface area contributed by atoms with E-state index in [1.165, 1.54) is 0 Å². The van der Waals surface area contributed by atoms with Crippen LogP contribution >= 0.6 is 0 Å². The molecule has 4 rings (SSSR count). The Kier molecular flexibility index (Phi) is 7.19. The number of hydrogen-bond acceptors (Lipinski definition) is 7. The molecule has 3 heterocycles. The molecule has 0 saturated carbocycles. The number of ether oxygens (including phenoxy) is 1. The van der Waals surface area contributed by atoms with Gasteiger partial charge in [-0.1, -0.05) is 28.9 Å². The lowest BCUT2D eigenvalue weighted by molar-refractivity contribution is -0.152. The molecule has 172 valence electrons. The van der Waals surface area contributed by atoms with Crippen molar-refractivity contribution in [2.45, 2.75) is 46.1 Å². The molecule has 0 N–H and O–H groups in total. The predicted molar refractivity (Wildman–Crippen MR) is 118 cm³/mol. The topological polar surface area (TPSA) is 88.8 Å². The highest BCUT2D eigenvalue weighted by Gasteiger charge is 2.33. The zero-order valence-electron chi connectivity index (χ0n) is 19.0. The normalized spacial score (nSPS) is 18.6. The molecule has 0 bridgehead atoms. The van der Waals surface area contributed by atoms with Gasteiger partial charge in [-0.25, -0.2) is 0 Å². The van der Waals surface area contributed by atoms with E-state index in [1.54, 1.807) is 0 Å². The van der Waals surface area contributed by atoms with E-state index in [0.717, 1.165) is 37.1 Å². The number of likely N-dealkylation sites (tertiary alicyclic amines) is 2. The lowest BCUT2D eigenvalue weighted by atomic mass is 9.92. The van der Waals surface area contributed by atoms with Crippen LogP contribution in [0.3, 0.4) is 0 Å². The fourth-order valence-corrected chi connectivity index (χ4v) is 4.60. The minimum absolute atomic E-state index is 0.0518. The van der Waals surface area contributed by atoms with Gasteiger partial charge in [0.05, 0.1) is 19.1 Å². The third-order valence-corrected chi connectivity index (χ3v) is 6.47. The van der Waals surface area contributed by atoms with Crippen LogP contribution in [0.15, 0.2) is 28.8 Å². The summed E-state index contributed by atoms with van der Waals surface area (Å²) in [7, 11) is 0. The van der Waals surface area contributed by atoms with Crippen molar-refractivity contribution >= 4 is 11.9 Å². The van der Waals surface area contributed by atoms with Crippen LogP contribution in [-0.2, 0) is 20.9 Å². The summed E-state index contributed by atoms with van der Waals surface area (Å²) in [4.78, 5) is 33.6. The number of amides is 1. The lowest BCUT2D eigenvalue weighted by Gasteiger charge is -2.36. The van der Waals surface area contributed by atoms with Gasteiger partial charge in [-0.15, -0.1) is 0 Å². The van der Waals surface area contributed by atoms with Crippen molar-refractivity contribution < 1.29 is 18.8 Å². The molecule has 2 fully saturated rings. The largest absolute Gasteiger partial charge is 0.466 e. The van der Waals surface area contributed by atoms with Crippen molar-refractivity contribution in [1.29, 1.82) is 0 Å². The van der Waals surface area contributed by atoms with Gasteiger partial charge in [-0.05, 0) is 58.7 Å². The van der Waals surface area contributed by atoms with Gasteiger partial charge in [0.1, 0.15) is 0 Å². The Balaban J connectivity index is 1.23. The summed E-state index contributed by atoms with van der Waals surface area (Å²) in [6.45, 7) is 7.83. The molecule has 1 aromatic heterocycles. The van der Waals surface area contributed by atoms with Crippen molar-refractivity contribution in [2.24, 2.45) is 11.8 Å². The van der Waals surface area contributed by atoms with Gasteiger partial charge in [0, 0.05) is 24.6 Å². The highest BCUT2D eigenvalue weighted by atomic mass is 16.5. The fourth-order valence-electron chi connectivity index (χ4n) is 4.60. The van der Waals surface area contributed by atoms with Crippen LogP contribution in [0.4, 0.5) is 0 Å². The smallest absolute Gasteiger partial charge is 0.309 e. The summed E-state index contributed by atoms with van der Waals surface area (Å²) < 4.78 is 10.6. The average molecular weight is 441 g/mol. The standard InChI is InChI=1S/C24H32N4O4/c1-3-31-24(30)19-9-13-28(14-10-19)23(29)18-7-11-27(12-8-18)16-21-25-22(26-32-21)20-6-4-5-17(2)15-20/h4-6,15,18-19H,3,7-14,16H2,1-2H3. The first-order chi connectivity index (χ1) is 15.5. The van der Waals surface area contributed by atoms with Crippen LogP contribution in [0, 0.1) is 18.8 Å². The number of hydrogen-bond donors (Lipinski definition) is 0. The maximum atomic E-state index is 13.0. The summed E-state index contributed by atoms with van der Waals surface area (Å²) >= 11 is 0. The zero-order chi connectivity index (χ0) is 22.5. The molecule has 2 aromatic rings.